The van der Waals surface area contributed by atoms with Gasteiger partial charge in [-0.1, -0.05) is 30.9 Å². The van der Waals surface area contributed by atoms with Crippen molar-refractivity contribution in [3.63, 3.8) is 0 Å². The highest BCUT2D eigenvalue weighted by molar-refractivity contribution is 7.89. The van der Waals surface area contributed by atoms with Gasteiger partial charge in [-0.2, -0.15) is 0 Å². The summed E-state index contributed by atoms with van der Waals surface area (Å²) in [4.78, 5) is 3.84. The number of nitrogens with zero attached hydrogens (tertiary/aromatic N) is 1. The SMILES string of the molecule is O=S(=O)(NC1(CO)CCCCC1)c1ccnc(Cl)c1. The number of rotatable bonds is 4. The fourth-order valence-electron chi connectivity index (χ4n) is 2.42. The number of halogens is 1. The van der Waals surface area contributed by atoms with Gasteiger partial charge in [-0.3, -0.25) is 0 Å². The summed E-state index contributed by atoms with van der Waals surface area (Å²) in [5.74, 6) is 0. The Morgan fingerprint density at radius 3 is 2.63 bits per heavy atom. The van der Waals surface area contributed by atoms with Gasteiger partial charge in [-0.05, 0) is 25.0 Å². The molecule has 1 fully saturated rings. The van der Waals surface area contributed by atoms with E-state index < -0.39 is 15.6 Å². The van der Waals surface area contributed by atoms with Gasteiger partial charge in [0.05, 0.1) is 17.0 Å². The zero-order chi connectivity index (χ0) is 13.9. The minimum Gasteiger partial charge on any atom is -0.394 e. The standard InChI is InChI=1S/C12H17ClN2O3S/c13-11-8-10(4-7-14-11)19(17,18)15-12(9-16)5-2-1-3-6-12/h4,7-8,15-16H,1-3,5-6,9H2. The summed E-state index contributed by atoms with van der Waals surface area (Å²) in [5.41, 5.74) is -0.743. The van der Waals surface area contributed by atoms with Gasteiger partial charge in [0.1, 0.15) is 5.15 Å². The van der Waals surface area contributed by atoms with E-state index in [9.17, 15) is 13.5 Å². The Hall–Kier alpha value is -0.690. The average molecular weight is 305 g/mol. The second-order valence-corrected chi connectivity index (χ2v) is 6.99. The Balaban J connectivity index is 2.25. The van der Waals surface area contributed by atoms with E-state index in [2.05, 4.69) is 9.71 Å². The molecule has 0 aliphatic heterocycles. The van der Waals surface area contributed by atoms with Crippen LogP contribution in [0.4, 0.5) is 0 Å². The van der Waals surface area contributed by atoms with Crippen molar-refractivity contribution in [2.24, 2.45) is 0 Å². The first-order chi connectivity index (χ1) is 8.97. The summed E-state index contributed by atoms with van der Waals surface area (Å²) in [6, 6.07) is 2.69. The van der Waals surface area contributed by atoms with Crippen LogP contribution < -0.4 is 4.72 Å². The van der Waals surface area contributed by atoms with E-state index in [4.69, 9.17) is 11.6 Å². The van der Waals surface area contributed by atoms with Crippen molar-refractivity contribution < 1.29 is 13.5 Å². The van der Waals surface area contributed by atoms with E-state index in [0.29, 0.717) is 12.8 Å². The van der Waals surface area contributed by atoms with Gasteiger partial charge < -0.3 is 5.11 Å². The molecule has 2 rings (SSSR count). The van der Waals surface area contributed by atoms with Crippen LogP contribution in [0.15, 0.2) is 23.2 Å². The van der Waals surface area contributed by atoms with Gasteiger partial charge in [-0.15, -0.1) is 0 Å². The number of hydrogen-bond donors (Lipinski definition) is 2. The molecule has 0 unspecified atom stereocenters. The van der Waals surface area contributed by atoms with Crippen molar-refractivity contribution in [3.8, 4) is 0 Å². The van der Waals surface area contributed by atoms with Gasteiger partial charge in [0.15, 0.2) is 0 Å². The third-order valence-corrected chi connectivity index (χ3v) is 5.26. The van der Waals surface area contributed by atoms with Gasteiger partial charge in [0, 0.05) is 6.20 Å². The quantitative estimate of drug-likeness (QED) is 0.830. The van der Waals surface area contributed by atoms with Crippen LogP contribution in [0.5, 0.6) is 0 Å². The monoisotopic (exact) mass is 304 g/mol. The van der Waals surface area contributed by atoms with Gasteiger partial charge in [0.25, 0.3) is 0 Å². The molecule has 106 valence electrons. The minimum absolute atomic E-state index is 0.0749. The Bertz CT molecular complexity index is 542. The van der Waals surface area contributed by atoms with Crippen LogP contribution in [0.2, 0.25) is 5.15 Å². The second kappa shape index (κ2) is 5.75. The normalized spacial score (nSPS) is 19.3. The van der Waals surface area contributed by atoms with Crippen molar-refractivity contribution in [1.82, 2.24) is 9.71 Å². The Morgan fingerprint density at radius 2 is 2.05 bits per heavy atom. The molecule has 1 aromatic heterocycles. The first-order valence-electron chi connectivity index (χ1n) is 6.24. The molecule has 1 heterocycles. The van der Waals surface area contributed by atoms with Crippen LogP contribution in [-0.4, -0.2) is 30.7 Å². The molecule has 19 heavy (non-hydrogen) atoms. The summed E-state index contributed by atoms with van der Waals surface area (Å²) >= 11 is 5.71. The van der Waals surface area contributed by atoms with Crippen LogP contribution in [0.25, 0.3) is 0 Å². The highest BCUT2D eigenvalue weighted by Crippen LogP contribution is 2.29. The lowest BCUT2D eigenvalue weighted by Crippen LogP contribution is -2.52. The van der Waals surface area contributed by atoms with Crippen LogP contribution >= 0.6 is 11.6 Å². The number of pyridine rings is 1. The minimum atomic E-state index is -3.69. The zero-order valence-electron chi connectivity index (χ0n) is 10.5. The van der Waals surface area contributed by atoms with Crippen LogP contribution in [0.1, 0.15) is 32.1 Å². The molecule has 0 atom stereocenters. The highest BCUT2D eigenvalue weighted by atomic mass is 35.5. The number of hydrogen-bond acceptors (Lipinski definition) is 4. The molecule has 1 aromatic rings. The summed E-state index contributed by atoms with van der Waals surface area (Å²) < 4.78 is 27.3. The molecule has 1 aliphatic rings. The lowest BCUT2D eigenvalue weighted by molar-refractivity contribution is 0.142. The molecule has 0 radical (unpaired) electrons. The maximum absolute atomic E-state index is 12.3. The maximum Gasteiger partial charge on any atom is 0.241 e. The molecule has 5 nitrogen and oxygen atoms in total. The third kappa shape index (κ3) is 3.45. The maximum atomic E-state index is 12.3. The van der Waals surface area contributed by atoms with Crippen molar-refractivity contribution in [3.05, 3.63) is 23.5 Å². The zero-order valence-corrected chi connectivity index (χ0v) is 12.0. The summed E-state index contributed by atoms with van der Waals surface area (Å²) in [5, 5.41) is 9.67. The van der Waals surface area contributed by atoms with Crippen LogP contribution in [0, 0.1) is 0 Å². The smallest absolute Gasteiger partial charge is 0.241 e. The first-order valence-corrected chi connectivity index (χ1v) is 8.10. The predicted octanol–water partition coefficient (Wildman–Crippen LogP) is 1.71. The number of aromatic nitrogens is 1. The molecule has 0 aromatic carbocycles. The summed E-state index contributed by atoms with van der Waals surface area (Å²) in [7, 11) is -3.69. The van der Waals surface area contributed by atoms with Crippen LogP contribution in [0.3, 0.4) is 0 Å². The van der Waals surface area contributed by atoms with E-state index in [-0.39, 0.29) is 16.7 Å². The Kier molecular flexibility index (Phi) is 4.45. The third-order valence-electron chi connectivity index (χ3n) is 3.47. The first kappa shape index (κ1) is 14.7. The topological polar surface area (TPSA) is 79.3 Å². The molecule has 0 amide bonds. The Morgan fingerprint density at radius 1 is 1.37 bits per heavy atom. The number of aliphatic hydroxyl groups is 1. The average Bonchev–Trinajstić information content (AvgIpc) is 2.39. The van der Waals surface area contributed by atoms with Gasteiger partial charge in [-0.25, -0.2) is 18.1 Å². The lowest BCUT2D eigenvalue weighted by atomic mass is 9.83. The molecule has 7 heteroatoms. The second-order valence-electron chi connectivity index (χ2n) is 4.92. The van der Waals surface area contributed by atoms with Crippen molar-refractivity contribution in [1.29, 1.82) is 0 Å². The fourth-order valence-corrected chi connectivity index (χ4v) is 4.12. The van der Waals surface area contributed by atoms with Crippen molar-refractivity contribution in [2.45, 2.75) is 42.5 Å². The summed E-state index contributed by atoms with van der Waals surface area (Å²) in [6.07, 6.45) is 5.57. The molecular weight excluding hydrogens is 288 g/mol. The molecule has 0 spiro atoms. The van der Waals surface area contributed by atoms with E-state index in [1.807, 2.05) is 0 Å². The molecule has 1 aliphatic carbocycles. The highest BCUT2D eigenvalue weighted by Gasteiger charge is 2.36. The van der Waals surface area contributed by atoms with E-state index >= 15 is 0 Å². The van der Waals surface area contributed by atoms with E-state index in [1.165, 1.54) is 18.3 Å². The summed E-state index contributed by atoms with van der Waals surface area (Å²) in [6.45, 7) is -0.189. The Labute approximate surface area is 118 Å². The lowest BCUT2D eigenvalue weighted by Gasteiger charge is -2.36. The van der Waals surface area contributed by atoms with E-state index in [0.717, 1.165) is 19.3 Å². The van der Waals surface area contributed by atoms with Gasteiger partial charge >= 0.3 is 0 Å². The van der Waals surface area contributed by atoms with Gasteiger partial charge in [0.2, 0.25) is 10.0 Å². The fraction of sp³-hybridized carbons (Fsp3) is 0.583. The van der Waals surface area contributed by atoms with Crippen molar-refractivity contribution >= 4 is 21.6 Å². The number of aliphatic hydroxyl groups excluding tert-OH is 1. The van der Waals surface area contributed by atoms with Crippen LogP contribution in [-0.2, 0) is 10.0 Å². The van der Waals surface area contributed by atoms with Crippen molar-refractivity contribution in [2.75, 3.05) is 6.61 Å². The molecule has 2 N–H and O–H groups in total. The van der Waals surface area contributed by atoms with E-state index in [1.54, 1.807) is 0 Å². The molecule has 1 saturated carbocycles. The predicted molar refractivity (Wildman–Crippen MR) is 72.5 cm³/mol. The molecule has 0 bridgehead atoms. The molecular formula is C12H17ClN2O3S. The molecule has 0 saturated heterocycles. The largest absolute Gasteiger partial charge is 0.394 e. The number of nitrogens with one attached hydrogen (secondary N) is 1. The number of sulfonamides is 1.